The van der Waals surface area contributed by atoms with Crippen molar-refractivity contribution in [2.24, 2.45) is 0 Å². The first kappa shape index (κ1) is 17.9. The van der Waals surface area contributed by atoms with Gasteiger partial charge in [-0.1, -0.05) is 13.8 Å². The number of aryl methyl sites for hydroxylation is 2. The highest BCUT2D eigenvalue weighted by atomic mass is 15.3. The summed E-state index contributed by atoms with van der Waals surface area (Å²) < 4.78 is 2.11. The molecule has 25 heavy (non-hydrogen) atoms. The molecule has 6 nitrogen and oxygen atoms in total. The zero-order valence-electron chi connectivity index (χ0n) is 15.9. The summed E-state index contributed by atoms with van der Waals surface area (Å²) in [7, 11) is 0. The Balaban J connectivity index is 1.75. The van der Waals surface area contributed by atoms with Crippen molar-refractivity contribution < 1.29 is 0 Å². The Kier molecular flexibility index (Phi) is 5.68. The summed E-state index contributed by atoms with van der Waals surface area (Å²) in [6, 6.07) is 0. The second-order valence-electron chi connectivity index (χ2n) is 6.67. The number of fused-ring (bicyclic) bond motifs is 1. The molecule has 0 saturated heterocycles. The van der Waals surface area contributed by atoms with Crippen LogP contribution in [0, 0.1) is 13.8 Å². The van der Waals surface area contributed by atoms with Crippen molar-refractivity contribution in [1.29, 1.82) is 0 Å². The molecule has 6 heteroatoms. The average Bonchev–Trinajstić information content (AvgIpc) is 2.78. The van der Waals surface area contributed by atoms with Crippen LogP contribution in [0.4, 0.5) is 5.82 Å². The van der Waals surface area contributed by atoms with E-state index in [1.165, 1.54) is 22.5 Å². The fraction of sp³-hybridized carbons (Fsp3) is 0.632. The van der Waals surface area contributed by atoms with Crippen molar-refractivity contribution in [3.63, 3.8) is 0 Å². The van der Waals surface area contributed by atoms with Gasteiger partial charge < -0.3 is 10.6 Å². The maximum Gasteiger partial charge on any atom is 0.133 e. The van der Waals surface area contributed by atoms with Crippen molar-refractivity contribution in [1.82, 2.24) is 25.1 Å². The maximum atomic E-state index is 4.76. The molecule has 0 bridgehead atoms. The van der Waals surface area contributed by atoms with Gasteiger partial charge in [-0.2, -0.15) is 5.10 Å². The molecule has 0 fully saturated rings. The summed E-state index contributed by atoms with van der Waals surface area (Å²) in [4.78, 5) is 9.51. The molecular weight excluding hydrogens is 312 g/mol. The maximum absolute atomic E-state index is 4.76. The first-order valence-corrected chi connectivity index (χ1v) is 9.50. The van der Waals surface area contributed by atoms with E-state index in [-0.39, 0.29) is 0 Å². The molecule has 0 amide bonds. The highest BCUT2D eigenvalue weighted by molar-refractivity contribution is 5.47. The van der Waals surface area contributed by atoms with Crippen LogP contribution in [0.2, 0.25) is 0 Å². The van der Waals surface area contributed by atoms with Crippen LogP contribution in [0.25, 0.3) is 0 Å². The Morgan fingerprint density at radius 2 is 1.88 bits per heavy atom. The zero-order chi connectivity index (χ0) is 17.8. The standard InChI is InChI=1S/C19H30N6/c1-5-15-13(3)24-25(14(15)4)12-11-21-19-16-7-9-20-10-8-17(16)22-18(6-2)23-19/h20H,5-12H2,1-4H3,(H,21,22,23). The van der Waals surface area contributed by atoms with E-state index in [1.54, 1.807) is 0 Å². The lowest BCUT2D eigenvalue weighted by molar-refractivity contribution is 0.613. The summed E-state index contributed by atoms with van der Waals surface area (Å²) in [6.45, 7) is 12.2. The average molecular weight is 342 g/mol. The number of rotatable bonds is 6. The molecule has 0 atom stereocenters. The van der Waals surface area contributed by atoms with E-state index in [2.05, 4.69) is 48.1 Å². The van der Waals surface area contributed by atoms with Crippen molar-refractivity contribution >= 4 is 5.82 Å². The summed E-state index contributed by atoms with van der Waals surface area (Å²) in [5.74, 6) is 1.95. The van der Waals surface area contributed by atoms with Gasteiger partial charge in [-0.05, 0) is 38.8 Å². The van der Waals surface area contributed by atoms with E-state index in [0.717, 1.165) is 69.2 Å². The third kappa shape index (κ3) is 3.84. The summed E-state index contributed by atoms with van der Waals surface area (Å²) >= 11 is 0. The van der Waals surface area contributed by atoms with Crippen molar-refractivity contribution in [3.05, 3.63) is 34.0 Å². The molecule has 3 heterocycles. The second kappa shape index (κ2) is 7.95. The number of nitrogens with one attached hydrogen (secondary N) is 2. The van der Waals surface area contributed by atoms with Crippen LogP contribution in [0.5, 0.6) is 0 Å². The third-order valence-electron chi connectivity index (χ3n) is 5.05. The Labute approximate surface area is 150 Å². The first-order chi connectivity index (χ1) is 12.1. The summed E-state index contributed by atoms with van der Waals surface area (Å²) in [5, 5.41) is 11.7. The van der Waals surface area contributed by atoms with Crippen LogP contribution in [-0.4, -0.2) is 39.4 Å². The predicted molar refractivity (Wildman–Crippen MR) is 101 cm³/mol. The normalized spacial score (nSPS) is 14.2. The SMILES string of the molecule is CCc1nc2c(c(NCCn3nc(C)c(CC)c3C)n1)CCNCC2. The van der Waals surface area contributed by atoms with Crippen molar-refractivity contribution in [2.75, 3.05) is 25.0 Å². The van der Waals surface area contributed by atoms with Gasteiger partial charge in [-0.15, -0.1) is 0 Å². The minimum Gasteiger partial charge on any atom is -0.368 e. The molecule has 0 aromatic carbocycles. The van der Waals surface area contributed by atoms with Crippen LogP contribution in [0.1, 0.15) is 47.9 Å². The number of hydrogen-bond acceptors (Lipinski definition) is 5. The van der Waals surface area contributed by atoms with Crippen molar-refractivity contribution in [3.8, 4) is 0 Å². The quantitative estimate of drug-likeness (QED) is 0.842. The lowest BCUT2D eigenvalue weighted by Gasteiger charge is -2.15. The highest BCUT2D eigenvalue weighted by Crippen LogP contribution is 2.20. The molecule has 0 radical (unpaired) electrons. The lowest BCUT2D eigenvalue weighted by Crippen LogP contribution is -2.17. The molecule has 1 aliphatic rings. The van der Waals surface area contributed by atoms with Gasteiger partial charge in [0.05, 0.1) is 17.9 Å². The van der Waals surface area contributed by atoms with E-state index < -0.39 is 0 Å². The second-order valence-corrected chi connectivity index (χ2v) is 6.67. The summed E-state index contributed by atoms with van der Waals surface area (Å²) in [5.41, 5.74) is 6.29. The van der Waals surface area contributed by atoms with Gasteiger partial charge in [0.25, 0.3) is 0 Å². The van der Waals surface area contributed by atoms with Crippen molar-refractivity contribution in [2.45, 2.75) is 59.9 Å². The molecule has 0 unspecified atom stereocenters. The number of nitrogens with zero attached hydrogens (tertiary/aromatic N) is 4. The fourth-order valence-electron chi connectivity index (χ4n) is 3.64. The smallest absolute Gasteiger partial charge is 0.133 e. The number of aromatic nitrogens is 4. The monoisotopic (exact) mass is 342 g/mol. The number of anilines is 1. The molecular formula is C19H30N6. The molecule has 0 aliphatic carbocycles. The Morgan fingerprint density at radius 3 is 2.60 bits per heavy atom. The van der Waals surface area contributed by atoms with E-state index in [0.29, 0.717) is 0 Å². The van der Waals surface area contributed by atoms with E-state index in [1.807, 2.05) is 0 Å². The van der Waals surface area contributed by atoms with Gasteiger partial charge >= 0.3 is 0 Å². The van der Waals surface area contributed by atoms with Crippen LogP contribution < -0.4 is 10.6 Å². The van der Waals surface area contributed by atoms with Gasteiger partial charge in [0.1, 0.15) is 11.6 Å². The fourth-order valence-corrected chi connectivity index (χ4v) is 3.64. The minimum absolute atomic E-state index is 0.825. The molecule has 2 aromatic heterocycles. The lowest BCUT2D eigenvalue weighted by atomic mass is 10.1. The van der Waals surface area contributed by atoms with Crippen LogP contribution in [0.15, 0.2) is 0 Å². The largest absolute Gasteiger partial charge is 0.368 e. The van der Waals surface area contributed by atoms with Gasteiger partial charge in [0, 0.05) is 37.2 Å². The number of hydrogen-bond donors (Lipinski definition) is 2. The third-order valence-corrected chi connectivity index (χ3v) is 5.05. The molecule has 3 rings (SSSR count). The molecule has 0 saturated carbocycles. The van der Waals surface area contributed by atoms with Crippen LogP contribution in [0.3, 0.4) is 0 Å². The van der Waals surface area contributed by atoms with E-state index in [9.17, 15) is 0 Å². The van der Waals surface area contributed by atoms with Gasteiger partial charge in [-0.3, -0.25) is 4.68 Å². The zero-order valence-corrected chi connectivity index (χ0v) is 15.9. The molecule has 2 aromatic rings. The predicted octanol–water partition coefficient (Wildman–Crippen LogP) is 2.22. The van der Waals surface area contributed by atoms with Crippen LogP contribution in [-0.2, 0) is 32.2 Å². The summed E-state index contributed by atoms with van der Waals surface area (Å²) in [6.07, 6.45) is 3.88. The highest BCUT2D eigenvalue weighted by Gasteiger charge is 2.16. The Hall–Kier alpha value is -1.95. The Bertz CT molecular complexity index is 734. The molecule has 0 spiro atoms. The molecule has 1 aliphatic heterocycles. The Morgan fingerprint density at radius 1 is 1.08 bits per heavy atom. The van der Waals surface area contributed by atoms with E-state index >= 15 is 0 Å². The molecule has 136 valence electrons. The van der Waals surface area contributed by atoms with Crippen LogP contribution >= 0.6 is 0 Å². The minimum atomic E-state index is 0.825. The first-order valence-electron chi connectivity index (χ1n) is 9.50. The molecule has 2 N–H and O–H groups in total. The topological polar surface area (TPSA) is 67.7 Å². The van der Waals surface area contributed by atoms with Gasteiger partial charge in [0.2, 0.25) is 0 Å². The van der Waals surface area contributed by atoms with Gasteiger partial charge in [-0.25, -0.2) is 9.97 Å². The van der Waals surface area contributed by atoms with Gasteiger partial charge in [0.15, 0.2) is 0 Å². The van der Waals surface area contributed by atoms with E-state index in [4.69, 9.17) is 9.97 Å².